The molecule has 0 spiro atoms. The van der Waals surface area contributed by atoms with Crippen molar-refractivity contribution in [3.63, 3.8) is 0 Å². The van der Waals surface area contributed by atoms with E-state index in [0.29, 0.717) is 35.4 Å². The summed E-state index contributed by atoms with van der Waals surface area (Å²) in [4.78, 5) is 13.2. The predicted molar refractivity (Wildman–Crippen MR) is 128 cm³/mol. The number of nitrogen functional groups attached to an aromatic ring is 1. The Kier molecular flexibility index (Phi) is 9.45. The van der Waals surface area contributed by atoms with Gasteiger partial charge >= 0.3 is 7.60 Å². The van der Waals surface area contributed by atoms with Crippen LogP contribution in [0.1, 0.15) is 55.4 Å². The second kappa shape index (κ2) is 11.4. The number of nitrogens with two attached hydrogens (primary N) is 1. The Labute approximate surface area is 191 Å². The van der Waals surface area contributed by atoms with E-state index >= 15 is 0 Å². The zero-order valence-corrected chi connectivity index (χ0v) is 21.4. The number of ether oxygens (including phenoxy) is 1. The molecule has 0 atom stereocenters. The smallest absolute Gasteiger partial charge is 0.356 e. The summed E-state index contributed by atoms with van der Waals surface area (Å²) in [6.45, 7) is 16.7. The zero-order valence-electron chi connectivity index (χ0n) is 20.5. The van der Waals surface area contributed by atoms with Crippen molar-refractivity contribution in [1.29, 1.82) is 0 Å². The molecule has 2 aromatic heterocycles. The van der Waals surface area contributed by atoms with Crippen LogP contribution in [0.25, 0.3) is 11.2 Å². The molecular weight excluding hydrogens is 431 g/mol. The lowest BCUT2D eigenvalue weighted by Gasteiger charge is -2.26. The summed E-state index contributed by atoms with van der Waals surface area (Å²) < 4.78 is 31.4. The van der Waals surface area contributed by atoms with Crippen LogP contribution < -0.4 is 11.1 Å². The molecule has 0 radical (unpaired) electrons. The molecule has 2 rings (SSSR count). The average Bonchev–Trinajstić information content (AvgIpc) is 3.04. The monoisotopic (exact) mass is 470 g/mol. The lowest BCUT2D eigenvalue weighted by atomic mass is 9.93. The first-order valence-electron chi connectivity index (χ1n) is 11.2. The Bertz CT molecular complexity index is 893. The third kappa shape index (κ3) is 7.40. The average molecular weight is 471 g/mol. The summed E-state index contributed by atoms with van der Waals surface area (Å²) in [6, 6.07) is 0.219. The molecule has 0 bridgehead atoms. The van der Waals surface area contributed by atoms with Gasteiger partial charge in [-0.25, -0.2) is 4.98 Å². The van der Waals surface area contributed by atoms with Crippen LogP contribution in [-0.4, -0.2) is 50.7 Å². The molecule has 0 amide bonds. The van der Waals surface area contributed by atoms with E-state index in [0.717, 1.165) is 0 Å². The molecule has 0 aromatic carbocycles. The second-order valence-electron chi connectivity index (χ2n) is 9.16. The van der Waals surface area contributed by atoms with Crippen molar-refractivity contribution in [3.05, 3.63) is 6.33 Å². The number of hydrogen-bond donors (Lipinski definition) is 2. The standard InChI is InChI=1S/C21H39N6O4P/c1-13(2)17(14(3)4)24-19-18-20(26-21(22)25-19)27(11-23-18)9-10-29-12-32(28,30-15(5)6)31-16(7)8/h11,13-17H,9-10,12H2,1-8H3,(H3,22,24,25,26). The van der Waals surface area contributed by atoms with Gasteiger partial charge in [0.2, 0.25) is 5.95 Å². The summed E-state index contributed by atoms with van der Waals surface area (Å²) in [5, 5.41) is 3.49. The van der Waals surface area contributed by atoms with Crippen molar-refractivity contribution in [1.82, 2.24) is 19.5 Å². The van der Waals surface area contributed by atoms with Crippen molar-refractivity contribution in [3.8, 4) is 0 Å². The van der Waals surface area contributed by atoms with Gasteiger partial charge in [0.05, 0.1) is 25.1 Å². The minimum absolute atomic E-state index is 0.121. The maximum Gasteiger partial charge on any atom is 0.356 e. The Morgan fingerprint density at radius 1 is 1.03 bits per heavy atom. The minimum Gasteiger partial charge on any atom is -0.368 e. The van der Waals surface area contributed by atoms with Gasteiger partial charge < -0.3 is 29.4 Å². The Hall–Kier alpha value is -1.74. The van der Waals surface area contributed by atoms with Gasteiger partial charge in [0.15, 0.2) is 17.0 Å². The molecule has 0 saturated heterocycles. The third-order valence-corrected chi connectivity index (χ3v) is 6.67. The van der Waals surface area contributed by atoms with E-state index in [1.165, 1.54) is 0 Å². The van der Waals surface area contributed by atoms with Crippen LogP contribution in [-0.2, 0) is 24.9 Å². The predicted octanol–water partition coefficient (Wildman–Crippen LogP) is 4.52. The van der Waals surface area contributed by atoms with Gasteiger partial charge in [0, 0.05) is 12.6 Å². The third-order valence-electron chi connectivity index (χ3n) is 4.69. The van der Waals surface area contributed by atoms with Crippen molar-refractivity contribution in [2.45, 2.75) is 80.2 Å². The fraction of sp³-hybridized carbons (Fsp3) is 0.762. The molecule has 32 heavy (non-hydrogen) atoms. The molecule has 10 nitrogen and oxygen atoms in total. The Balaban J connectivity index is 2.11. The van der Waals surface area contributed by atoms with E-state index < -0.39 is 7.60 Å². The second-order valence-corrected chi connectivity index (χ2v) is 11.1. The van der Waals surface area contributed by atoms with Crippen LogP contribution in [0, 0.1) is 11.8 Å². The lowest BCUT2D eigenvalue weighted by Crippen LogP contribution is -2.31. The van der Waals surface area contributed by atoms with E-state index in [1.54, 1.807) is 6.33 Å². The minimum atomic E-state index is -3.34. The fourth-order valence-corrected chi connectivity index (χ4v) is 5.36. The summed E-state index contributed by atoms with van der Waals surface area (Å²) in [7, 11) is -3.34. The highest BCUT2D eigenvalue weighted by Crippen LogP contribution is 2.50. The number of nitrogens with one attached hydrogen (secondary N) is 1. The topological polar surface area (TPSA) is 126 Å². The fourth-order valence-electron chi connectivity index (χ4n) is 3.55. The number of anilines is 2. The van der Waals surface area contributed by atoms with E-state index in [-0.39, 0.29) is 37.2 Å². The van der Waals surface area contributed by atoms with Crippen LogP contribution in [0.3, 0.4) is 0 Å². The number of nitrogens with zero attached hydrogens (tertiary/aromatic N) is 4. The molecule has 11 heteroatoms. The van der Waals surface area contributed by atoms with Crippen LogP contribution in [0.5, 0.6) is 0 Å². The summed E-state index contributed by atoms with van der Waals surface area (Å²) in [6.07, 6.45) is 1.10. The normalized spacial score (nSPS) is 12.9. The first-order chi connectivity index (χ1) is 14.9. The zero-order chi connectivity index (χ0) is 24.1. The number of imidazole rings is 1. The molecule has 0 saturated carbocycles. The maximum atomic E-state index is 12.9. The number of hydrogen-bond acceptors (Lipinski definition) is 9. The van der Waals surface area contributed by atoms with Gasteiger partial charge in [-0.3, -0.25) is 4.57 Å². The van der Waals surface area contributed by atoms with Crippen LogP contribution in [0.15, 0.2) is 6.33 Å². The van der Waals surface area contributed by atoms with Gasteiger partial charge in [-0.2, -0.15) is 9.97 Å². The van der Waals surface area contributed by atoms with Crippen molar-refractivity contribution < 1.29 is 18.3 Å². The molecule has 0 unspecified atom stereocenters. The van der Waals surface area contributed by atoms with Crippen LogP contribution >= 0.6 is 7.60 Å². The van der Waals surface area contributed by atoms with Crippen LogP contribution in [0.2, 0.25) is 0 Å². The lowest BCUT2D eigenvalue weighted by molar-refractivity contribution is 0.0961. The highest BCUT2D eigenvalue weighted by molar-refractivity contribution is 7.53. The molecule has 182 valence electrons. The van der Waals surface area contributed by atoms with Gasteiger partial charge in [0.25, 0.3) is 0 Å². The van der Waals surface area contributed by atoms with Crippen molar-refractivity contribution in [2.75, 3.05) is 24.0 Å². The van der Waals surface area contributed by atoms with Gasteiger partial charge in [-0.15, -0.1) is 0 Å². The number of aromatic nitrogens is 4. The van der Waals surface area contributed by atoms with Crippen molar-refractivity contribution in [2.24, 2.45) is 11.8 Å². The highest BCUT2D eigenvalue weighted by Gasteiger charge is 2.28. The first kappa shape index (κ1) is 26.5. The number of fused-ring (bicyclic) bond motifs is 1. The Morgan fingerprint density at radius 2 is 1.62 bits per heavy atom. The number of rotatable bonds is 13. The van der Waals surface area contributed by atoms with Gasteiger partial charge in [-0.05, 0) is 39.5 Å². The molecule has 3 N–H and O–H groups in total. The van der Waals surface area contributed by atoms with Gasteiger partial charge in [0.1, 0.15) is 6.35 Å². The van der Waals surface area contributed by atoms with Gasteiger partial charge in [-0.1, -0.05) is 27.7 Å². The van der Waals surface area contributed by atoms with E-state index in [4.69, 9.17) is 19.5 Å². The van der Waals surface area contributed by atoms with E-state index in [2.05, 4.69) is 48.0 Å². The van der Waals surface area contributed by atoms with Crippen LogP contribution in [0.4, 0.5) is 11.8 Å². The molecule has 2 aromatic rings. The maximum absolute atomic E-state index is 12.9. The quantitative estimate of drug-likeness (QED) is 0.321. The van der Waals surface area contributed by atoms with E-state index in [1.807, 2.05) is 32.3 Å². The first-order valence-corrected chi connectivity index (χ1v) is 12.9. The molecule has 0 aliphatic heterocycles. The SMILES string of the molecule is CC(C)OP(=O)(COCCn1cnc2c(NC(C(C)C)C(C)C)nc(N)nc21)OC(C)C. The summed E-state index contributed by atoms with van der Waals surface area (Å²) in [5.74, 6) is 1.62. The van der Waals surface area contributed by atoms with Crippen molar-refractivity contribution >= 4 is 30.5 Å². The largest absolute Gasteiger partial charge is 0.368 e. The highest BCUT2D eigenvalue weighted by atomic mass is 31.2. The summed E-state index contributed by atoms with van der Waals surface area (Å²) in [5.41, 5.74) is 7.26. The molecule has 2 heterocycles. The van der Waals surface area contributed by atoms with E-state index in [9.17, 15) is 4.57 Å². The molecule has 0 aliphatic rings. The molecule has 0 fully saturated rings. The molecular formula is C21H39N6O4P. The Morgan fingerprint density at radius 3 is 2.16 bits per heavy atom. The molecule has 0 aliphatic carbocycles. The summed E-state index contributed by atoms with van der Waals surface area (Å²) >= 11 is 0.